The molecule has 0 aromatic carbocycles. The fraction of sp³-hybridized carbons (Fsp3) is 0.444. The van der Waals surface area contributed by atoms with Gasteiger partial charge in [0, 0.05) is 11.5 Å². The van der Waals surface area contributed by atoms with Gasteiger partial charge < -0.3 is 15.3 Å². The molecule has 72 valence electrons. The molecule has 1 rings (SSSR count). The van der Waals surface area contributed by atoms with Crippen LogP contribution in [0.1, 0.15) is 26.5 Å². The van der Waals surface area contributed by atoms with Gasteiger partial charge in [0.25, 0.3) is 0 Å². The molecule has 0 radical (unpaired) electrons. The molecule has 0 fully saturated rings. The number of aromatic hydroxyl groups is 1. The van der Waals surface area contributed by atoms with E-state index in [0.29, 0.717) is 5.76 Å². The lowest BCUT2D eigenvalue weighted by molar-refractivity contribution is 0.367. The van der Waals surface area contributed by atoms with Gasteiger partial charge in [-0.1, -0.05) is 20.8 Å². The molecule has 4 nitrogen and oxygen atoms in total. The van der Waals surface area contributed by atoms with Crippen LogP contribution in [0.15, 0.2) is 15.3 Å². The lowest BCUT2D eigenvalue weighted by Gasteiger charge is -2.16. The highest BCUT2D eigenvalue weighted by molar-refractivity contribution is 5.49. The van der Waals surface area contributed by atoms with Gasteiger partial charge in [-0.05, 0) is 0 Å². The predicted octanol–water partition coefficient (Wildman–Crippen LogP) is 1.23. The zero-order valence-corrected chi connectivity index (χ0v) is 7.92. The average molecular weight is 183 g/mol. The molecule has 0 spiro atoms. The van der Waals surface area contributed by atoms with Crippen LogP contribution in [0.3, 0.4) is 0 Å². The summed E-state index contributed by atoms with van der Waals surface area (Å²) < 4.78 is 4.91. The summed E-state index contributed by atoms with van der Waals surface area (Å²) in [6, 6.07) is 1.37. The number of nitrogen functional groups attached to an aromatic ring is 1. The van der Waals surface area contributed by atoms with Crippen molar-refractivity contribution in [2.24, 2.45) is 0 Å². The average Bonchev–Trinajstić information content (AvgIpc) is 1.97. The molecule has 0 aliphatic carbocycles. The van der Waals surface area contributed by atoms with E-state index in [9.17, 15) is 9.90 Å². The Hall–Kier alpha value is -1.45. The smallest absolute Gasteiger partial charge is 0.363 e. The molecular formula is C9H13NO3. The van der Waals surface area contributed by atoms with Crippen LogP contribution < -0.4 is 11.4 Å². The summed E-state index contributed by atoms with van der Waals surface area (Å²) in [5, 5.41) is 9.26. The van der Waals surface area contributed by atoms with Gasteiger partial charge in [0.15, 0.2) is 5.69 Å². The summed E-state index contributed by atoms with van der Waals surface area (Å²) in [4.78, 5) is 11.1. The third-order valence-corrected chi connectivity index (χ3v) is 1.71. The van der Waals surface area contributed by atoms with Crippen LogP contribution in [0, 0.1) is 0 Å². The monoisotopic (exact) mass is 183 g/mol. The first-order valence-corrected chi connectivity index (χ1v) is 3.95. The summed E-state index contributed by atoms with van der Waals surface area (Å²) in [7, 11) is 0. The Morgan fingerprint density at radius 3 is 2.38 bits per heavy atom. The third kappa shape index (κ3) is 1.83. The number of hydrogen-bond donors (Lipinski definition) is 2. The molecule has 0 unspecified atom stereocenters. The van der Waals surface area contributed by atoms with Crippen molar-refractivity contribution in [3.8, 4) is 5.75 Å². The van der Waals surface area contributed by atoms with Crippen molar-refractivity contribution in [3.05, 3.63) is 22.2 Å². The second-order valence-electron chi connectivity index (χ2n) is 3.95. The lowest BCUT2D eigenvalue weighted by atomic mass is 9.93. The van der Waals surface area contributed by atoms with Gasteiger partial charge in [-0.3, -0.25) is 0 Å². The predicted molar refractivity (Wildman–Crippen MR) is 49.8 cm³/mol. The zero-order valence-electron chi connectivity index (χ0n) is 7.92. The van der Waals surface area contributed by atoms with E-state index in [4.69, 9.17) is 10.2 Å². The lowest BCUT2D eigenvalue weighted by Crippen LogP contribution is -2.16. The van der Waals surface area contributed by atoms with E-state index in [1.54, 1.807) is 0 Å². The number of anilines is 1. The van der Waals surface area contributed by atoms with E-state index in [1.165, 1.54) is 6.07 Å². The van der Waals surface area contributed by atoms with Crippen molar-refractivity contribution < 1.29 is 9.52 Å². The maximum atomic E-state index is 11.1. The van der Waals surface area contributed by atoms with Crippen molar-refractivity contribution in [3.63, 3.8) is 0 Å². The Labute approximate surface area is 76.0 Å². The Morgan fingerprint density at radius 1 is 1.46 bits per heavy atom. The van der Waals surface area contributed by atoms with Crippen LogP contribution in [-0.2, 0) is 5.41 Å². The van der Waals surface area contributed by atoms with Crippen LogP contribution in [0.25, 0.3) is 0 Å². The second-order valence-corrected chi connectivity index (χ2v) is 3.95. The molecule has 3 N–H and O–H groups in total. The first kappa shape index (κ1) is 9.64. The van der Waals surface area contributed by atoms with Gasteiger partial charge in [0.2, 0.25) is 0 Å². The molecule has 4 heteroatoms. The highest BCUT2D eigenvalue weighted by Crippen LogP contribution is 2.26. The minimum atomic E-state index is -0.690. The minimum absolute atomic E-state index is 0.221. The fourth-order valence-corrected chi connectivity index (χ4v) is 0.860. The van der Waals surface area contributed by atoms with Crippen LogP contribution in [0.2, 0.25) is 0 Å². The minimum Gasteiger partial charge on any atom is -0.505 e. The maximum Gasteiger partial charge on any atom is 0.363 e. The highest BCUT2D eigenvalue weighted by Gasteiger charge is 2.19. The molecule has 0 aliphatic rings. The summed E-state index contributed by atoms with van der Waals surface area (Å²) in [5.41, 5.74) is 3.99. The van der Waals surface area contributed by atoms with Gasteiger partial charge in [-0.25, -0.2) is 4.79 Å². The molecule has 0 saturated carbocycles. The van der Waals surface area contributed by atoms with Crippen molar-refractivity contribution in [1.29, 1.82) is 0 Å². The van der Waals surface area contributed by atoms with E-state index in [1.807, 2.05) is 20.8 Å². The first-order valence-electron chi connectivity index (χ1n) is 3.95. The molecule has 0 saturated heterocycles. The van der Waals surface area contributed by atoms with E-state index >= 15 is 0 Å². The van der Waals surface area contributed by atoms with Gasteiger partial charge in [-0.15, -0.1) is 0 Å². The standard InChI is InChI=1S/C9H13NO3/c1-9(2,3)6-4-5(11)7(10)8(12)13-6/h4,11H,10H2,1-3H3. The number of rotatable bonds is 0. The third-order valence-electron chi connectivity index (χ3n) is 1.71. The summed E-state index contributed by atoms with van der Waals surface area (Å²) in [6.45, 7) is 5.63. The van der Waals surface area contributed by atoms with E-state index in [2.05, 4.69) is 0 Å². The van der Waals surface area contributed by atoms with Crippen molar-refractivity contribution in [2.75, 3.05) is 5.73 Å². The Kier molecular flexibility index (Phi) is 2.07. The Balaban J connectivity index is 3.38. The van der Waals surface area contributed by atoms with Crippen LogP contribution in [0.4, 0.5) is 5.69 Å². The van der Waals surface area contributed by atoms with Crippen LogP contribution in [-0.4, -0.2) is 5.11 Å². The van der Waals surface area contributed by atoms with Crippen molar-refractivity contribution in [1.82, 2.24) is 0 Å². The fourth-order valence-electron chi connectivity index (χ4n) is 0.860. The molecule has 0 atom stereocenters. The zero-order chi connectivity index (χ0) is 10.2. The van der Waals surface area contributed by atoms with E-state index in [-0.39, 0.29) is 16.9 Å². The van der Waals surface area contributed by atoms with Gasteiger partial charge in [-0.2, -0.15) is 0 Å². The highest BCUT2D eigenvalue weighted by atomic mass is 16.4. The largest absolute Gasteiger partial charge is 0.505 e. The summed E-state index contributed by atoms with van der Waals surface area (Å²) in [5.74, 6) is 0.199. The molecule has 0 aliphatic heterocycles. The van der Waals surface area contributed by atoms with Gasteiger partial charge >= 0.3 is 5.63 Å². The topological polar surface area (TPSA) is 76.5 Å². The SMILES string of the molecule is CC(C)(C)c1cc(O)c(N)c(=O)o1. The maximum absolute atomic E-state index is 11.1. The molecule has 1 heterocycles. The molecule has 0 amide bonds. The van der Waals surface area contributed by atoms with Crippen molar-refractivity contribution >= 4 is 5.69 Å². The molecule has 1 aromatic rings. The Bertz CT molecular complexity index is 373. The summed E-state index contributed by atoms with van der Waals surface area (Å²) >= 11 is 0. The first-order chi connectivity index (χ1) is 5.82. The molecule has 0 bridgehead atoms. The van der Waals surface area contributed by atoms with E-state index in [0.717, 1.165) is 0 Å². The molecule has 13 heavy (non-hydrogen) atoms. The molecular weight excluding hydrogens is 170 g/mol. The van der Waals surface area contributed by atoms with Crippen LogP contribution in [0.5, 0.6) is 5.75 Å². The number of nitrogens with two attached hydrogens (primary N) is 1. The quantitative estimate of drug-likeness (QED) is 0.634. The summed E-state index contributed by atoms with van der Waals surface area (Å²) in [6.07, 6.45) is 0. The number of hydrogen-bond acceptors (Lipinski definition) is 4. The molecule has 1 aromatic heterocycles. The Morgan fingerprint density at radius 2 is 2.00 bits per heavy atom. The van der Waals surface area contributed by atoms with E-state index < -0.39 is 5.63 Å². The van der Waals surface area contributed by atoms with Gasteiger partial charge in [0.1, 0.15) is 11.5 Å². The van der Waals surface area contributed by atoms with Crippen LogP contribution >= 0.6 is 0 Å². The van der Waals surface area contributed by atoms with Crippen molar-refractivity contribution in [2.45, 2.75) is 26.2 Å². The second kappa shape index (κ2) is 2.80. The normalized spacial score (nSPS) is 11.6. The van der Waals surface area contributed by atoms with Gasteiger partial charge in [0.05, 0.1) is 0 Å².